The van der Waals surface area contributed by atoms with Gasteiger partial charge in [-0.3, -0.25) is 9.69 Å². The van der Waals surface area contributed by atoms with Gasteiger partial charge in [0, 0.05) is 57.5 Å². The van der Waals surface area contributed by atoms with Gasteiger partial charge in [0.25, 0.3) is 5.91 Å². The van der Waals surface area contributed by atoms with Crippen LogP contribution >= 0.6 is 0 Å². The molecule has 1 aromatic carbocycles. The summed E-state index contributed by atoms with van der Waals surface area (Å²) in [6, 6.07) is 8.66. The summed E-state index contributed by atoms with van der Waals surface area (Å²) in [4.78, 5) is 20.2. The number of piperidine rings is 1. The van der Waals surface area contributed by atoms with E-state index in [9.17, 15) is 4.79 Å². The Morgan fingerprint density at radius 3 is 2.21 bits per heavy atom. The Morgan fingerprint density at radius 1 is 0.939 bits per heavy atom. The third-order valence-corrected chi connectivity index (χ3v) is 7.30. The molecule has 2 saturated heterocycles. The van der Waals surface area contributed by atoms with Crippen molar-refractivity contribution in [1.29, 1.82) is 0 Å². The first-order valence-electron chi connectivity index (χ1n) is 13.3. The summed E-state index contributed by atoms with van der Waals surface area (Å²) in [5.74, 6) is 1.51. The molecule has 33 heavy (non-hydrogen) atoms. The number of piperazine rings is 1. The molecule has 5 nitrogen and oxygen atoms in total. The maximum absolute atomic E-state index is 12.9. The van der Waals surface area contributed by atoms with Crippen molar-refractivity contribution in [3.63, 3.8) is 0 Å². The van der Waals surface area contributed by atoms with E-state index in [0.29, 0.717) is 18.6 Å². The zero-order chi connectivity index (χ0) is 23.6. The first-order chi connectivity index (χ1) is 15.9. The van der Waals surface area contributed by atoms with Gasteiger partial charge in [0.05, 0.1) is 6.61 Å². The molecule has 0 radical (unpaired) electrons. The monoisotopic (exact) mass is 457 g/mol. The van der Waals surface area contributed by atoms with Gasteiger partial charge in [-0.05, 0) is 69.2 Å². The highest BCUT2D eigenvalue weighted by atomic mass is 16.5. The van der Waals surface area contributed by atoms with Crippen LogP contribution in [0.1, 0.15) is 75.7 Å². The topological polar surface area (TPSA) is 36.0 Å². The second-order valence-corrected chi connectivity index (χ2v) is 10.8. The van der Waals surface area contributed by atoms with Crippen LogP contribution in [0, 0.1) is 11.8 Å². The summed E-state index contributed by atoms with van der Waals surface area (Å²) in [7, 11) is 0. The molecule has 0 saturated carbocycles. The number of ether oxygens (including phenoxy) is 1. The smallest absolute Gasteiger partial charge is 0.253 e. The van der Waals surface area contributed by atoms with Crippen LogP contribution in [-0.2, 0) is 11.3 Å². The third-order valence-electron chi connectivity index (χ3n) is 7.30. The summed E-state index contributed by atoms with van der Waals surface area (Å²) in [6.45, 7) is 18.2. The normalized spacial score (nSPS) is 19.0. The molecule has 5 heteroatoms. The fraction of sp³-hybridized carbons (Fsp3) is 0.750. The lowest BCUT2D eigenvalue weighted by Crippen LogP contribution is -2.48. The number of benzene rings is 1. The molecule has 1 aromatic rings. The predicted molar refractivity (Wildman–Crippen MR) is 137 cm³/mol. The number of carbonyl (C=O) groups excluding carboxylic acids is 1. The number of hydrogen-bond acceptors (Lipinski definition) is 4. The van der Waals surface area contributed by atoms with Crippen LogP contribution in [0.4, 0.5) is 0 Å². The number of likely N-dealkylation sites (tertiary alicyclic amines) is 1. The molecule has 0 aliphatic carbocycles. The minimum absolute atomic E-state index is 0.184. The number of unbranched alkanes of at least 4 members (excludes halogenated alkanes) is 1. The summed E-state index contributed by atoms with van der Waals surface area (Å²) in [5.41, 5.74) is 1.94. The van der Waals surface area contributed by atoms with Crippen molar-refractivity contribution in [2.45, 2.75) is 72.4 Å². The molecule has 0 unspecified atom stereocenters. The molecule has 2 heterocycles. The van der Waals surface area contributed by atoms with E-state index in [-0.39, 0.29) is 5.91 Å². The van der Waals surface area contributed by atoms with E-state index in [1.165, 1.54) is 52.0 Å². The van der Waals surface area contributed by atoms with Crippen molar-refractivity contribution in [1.82, 2.24) is 14.7 Å². The Kier molecular flexibility index (Phi) is 10.7. The van der Waals surface area contributed by atoms with E-state index < -0.39 is 0 Å². The molecular formula is C28H47N3O2. The van der Waals surface area contributed by atoms with Crippen molar-refractivity contribution in [3.8, 4) is 0 Å². The second-order valence-electron chi connectivity index (χ2n) is 10.8. The zero-order valence-electron chi connectivity index (χ0n) is 21.6. The van der Waals surface area contributed by atoms with Crippen molar-refractivity contribution in [3.05, 3.63) is 35.4 Å². The van der Waals surface area contributed by atoms with Gasteiger partial charge in [-0.15, -0.1) is 0 Å². The van der Waals surface area contributed by atoms with Crippen LogP contribution in [0.15, 0.2) is 24.3 Å². The number of carbonyl (C=O) groups is 1. The summed E-state index contributed by atoms with van der Waals surface area (Å²) in [5, 5.41) is 0. The van der Waals surface area contributed by atoms with E-state index >= 15 is 0 Å². The van der Waals surface area contributed by atoms with Gasteiger partial charge < -0.3 is 14.5 Å². The molecule has 2 aliphatic rings. The molecule has 186 valence electrons. The summed E-state index contributed by atoms with van der Waals surface area (Å²) < 4.78 is 5.70. The molecule has 0 atom stereocenters. The Hall–Kier alpha value is -1.43. The SMILES string of the molecule is CC(C)COCc1ccc(C(=O)N2CCC(CCCCN3CCN(C(C)C)CC3)CC2)cc1. The predicted octanol–water partition coefficient (Wildman–Crippen LogP) is 4.91. The quantitative estimate of drug-likeness (QED) is 0.443. The van der Waals surface area contributed by atoms with Gasteiger partial charge in [0.2, 0.25) is 0 Å². The van der Waals surface area contributed by atoms with Crippen LogP contribution in [0.2, 0.25) is 0 Å². The van der Waals surface area contributed by atoms with Gasteiger partial charge in [0.15, 0.2) is 0 Å². The molecule has 2 aliphatic heterocycles. The highest BCUT2D eigenvalue weighted by molar-refractivity contribution is 5.94. The van der Waals surface area contributed by atoms with Crippen molar-refractivity contribution in [2.75, 3.05) is 52.4 Å². The van der Waals surface area contributed by atoms with Crippen LogP contribution in [0.3, 0.4) is 0 Å². The van der Waals surface area contributed by atoms with E-state index in [1.54, 1.807) is 0 Å². The molecule has 0 bridgehead atoms. The Labute approximate surface area is 202 Å². The average molecular weight is 458 g/mol. The van der Waals surface area contributed by atoms with Crippen LogP contribution < -0.4 is 0 Å². The van der Waals surface area contributed by atoms with Gasteiger partial charge >= 0.3 is 0 Å². The van der Waals surface area contributed by atoms with Crippen LogP contribution in [-0.4, -0.2) is 79.1 Å². The van der Waals surface area contributed by atoms with Crippen LogP contribution in [0.25, 0.3) is 0 Å². The molecule has 0 N–H and O–H groups in total. The highest BCUT2D eigenvalue weighted by Crippen LogP contribution is 2.24. The van der Waals surface area contributed by atoms with Gasteiger partial charge in [-0.2, -0.15) is 0 Å². The molecule has 0 aromatic heterocycles. The molecular weight excluding hydrogens is 410 g/mol. The molecule has 2 fully saturated rings. The second kappa shape index (κ2) is 13.5. The first kappa shape index (κ1) is 26.2. The third kappa shape index (κ3) is 8.70. The summed E-state index contributed by atoms with van der Waals surface area (Å²) in [6.07, 6.45) is 6.26. The lowest BCUT2D eigenvalue weighted by Gasteiger charge is -2.37. The maximum Gasteiger partial charge on any atom is 0.253 e. The standard InChI is InChI=1S/C28H47N3O2/c1-23(2)21-33-22-26-8-10-27(11-9-26)28(32)31-15-12-25(13-16-31)7-5-6-14-29-17-19-30(20-18-29)24(3)4/h8-11,23-25H,5-7,12-22H2,1-4H3. The minimum Gasteiger partial charge on any atom is -0.377 e. The van der Waals surface area contributed by atoms with Gasteiger partial charge in [0.1, 0.15) is 0 Å². The van der Waals surface area contributed by atoms with Gasteiger partial charge in [-0.25, -0.2) is 0 Å². The first-order valence-corrected chi connectivity index (χ1v) is 13.3. The Balaban J connectivity index is 1.29. The Morgan fingerprint density at radius 2 is 1.61 bits per heavy atom. The number of rotatable bonds is 11. The number of nitrogens with zero attached hydrogens (tertiary/aromatic N) is 3. The number of hydrogen-bond donors (Lipinski definition) is 0. The van der Waals surface area contributed by atoms with Crippen LogP contribution in [0.5, 0.6) is 0 Å². The zero-order valence-corrected chi connectivity index (χ0v) is 21.6. The van der Waals surface area contributed by atoms with Crippen molar-refractivity contribution < 1.29 is 9.53 Å². The largest absolute Gasteiger partial charge is 0.377 e. The fourth-order valence-electron chi connectivity index (χ4n) is 5.04. The maximum atomic E-state index is 12.9. The summed E-state index contributed by atoms with van der Waals surface area (Å²) >= 11 is 0. The minimum atomic E-state index is 0.184. The van der Waals surface area contributed by atoms with E-state index in [4.69, 9.17) is 4.74 Å². The number of amides is 1. The molecule has 3 rings (SSSR count). The highest BCUT2D eigenvalue weighted by Gasteiger charge is 2.24. The Bertz CT molecular complexity index is 688. The van der Waals surface area contributed by atoms with Gasteiger partial charge in [-0.1, -0.05) is 38.8 Å². The van der Waals surface area contributed by atoms with E-state index in [2.05, 4.69) is 42.4 Å². The molecule has 0 spiro atoms. The average Bonchev–Trinajstić information content (AvgIpc) is 2.82. The lowest BCUT2D eigenvalue weighted by atomic mass is 9.91. The van der Waals surface area contributed by atoms with Crippen molar-refractivity contribution >= 4 is 5.91 Å². The lowest BCUT2D eigenvalue weighted by molar-refractivity contribution is 0.0684. The fourth-order valence-corrected chi connectivity index (χ4v) is 5.04. The molecule has 1 amide bonds. The van der Waals surface area contributed by atoms with E-state index in [0.717, 1.165) is 49.6 Å². The van der Waals surface area contributed by atoms with E-state index in [1.807, 2.05) is 24.3 Å². The van der Waals surface area contributed by atoms with Crippen molar-refractivity contribution in [2.24, 2.45) is 11.8 Å².